The van der Waals surface area contributed by atoms with Gasteiger partial charge in [-0.1, -0.05) is 6.92 Å². The predicted molar refractivity (Wildman–Crippen MR) is 41.3 cm³/mol. The van der Waals surface area contributed by atoms with Gasteiger partial charge >= 0.3 is 5.97 Å². The first-order valence-electron chi connectivity index (χ1n) is 3.86. The summed E-state index contributed by atoms with van der Waals surface area (Å²) in [7, 11) is 0. The third kappa shape index (κ3) is 3.64. The molecule has 0 saturated heterocycles. The average Bonchev–Trinajstić information content (AvgIpc) is 2.02. The molecule has 1 atom stereocenters. The predicted octanol–water partition coefficient (Wildman–Crippen LogP) is 2.03. The van der Waals surface area contributed by atoms with Crippen LogP contribution in [0.15, 0.2) is 0 Å². The van der Waals surface area contributed by atoms with Crippen LogP contribution in [0.5, 0.6) is 0 Å². The summed E-state index contributed by atoms with van der Waals surface area (Å²) in [6.45, 7) is 3.78. The lowest BCUT2D eigenvalue weighted by Gasteiger charge is -2.23. The zero-order chi connectivity index (χ0) is 9.78. The van der Waals surface area contributed by atoms with E-state index in [9.17, 15) is 13.6 Å². The first-order chi connectivity index (χ1) is 5.43. The van der Waals surface area contributed by atoms with Crippen LogP contribution in [-0.4, -0.2) is 24.4 Å². The standard InChI is InChI=1S/C8H14F2O2/c1-4-8(2,3)12-7(11)6(10)5-9/h6H,4-5H2,1-3H3. The molecule has 0 spiro atoms. The third-order valence-corrected chi connectivity index (χ3v) is 1.62. The number of rotatable bonds is 4. The highest BCUT2D eigenvalue weighted by molar-refractivity contribution is 5.75. The molecule has 0 aromatic rings. The number of esters is 1. The maximum atomic E-state index is 12.3. The second-order valence-electron chi connectivity index (χ2n) is 3.16. The monoisotopic (exact) mass is 180 g/mol. The van der Waals surface area contributed by atoms with Crippen LogP contribution in [0, 0.1) is 0 Å². The molecule has 0 fully saturated rings. The zero-order valence-corrected chi connectivity index (χ0v) is 7.56. The first-order valence-corrected chi connectivity index (χ1v) is 3.86. The Hall–Kier alpha value is -0.670. The second-order valence-corrected chi connectivity index (χ2v) is 3.16. The minimum Gasteiger partial charge on any atom is -0.457 e. The van der Waals surface area contributed by atoms with Gasteiger partial charge in [-0.25, -0.2) is 13.6 Å². The van der Waals surface area contributed by atoms with Crippen molar-refractivity contribution in [1.82, 2.24) is 0 Å². The van der Waals surface area contributed by atoms with Gasteiger partial charge in [-0.05, 0) is 20.3 Å². The second kappa shape index (κ2) is 4.38. The number of alkyl halides is 2. The van der Waals surface area contributed by atoms with E-state index in [1.807, 2.05) is 0 Å². The molecule has 0 aromatic carbocycles. The normalized spacial score (nSPS) is 14.1. The van der Waals surface area contributed by atoms with Crippen molar-refractivity contribution in [2.45, 2.75) is 39.0 Å². The van der Waals surface area contributed by atoms with Gasteiger partial charge in [0, 0.05) is 0 Å². The van der Waals surface area contributed by atoms with E-state index in [1.165, 1.54) is 0 Å². The number of carbonyl (C=O) groups is 1. The molecule has 4 heteroatoms. The van der Waals surface area contributed by atoms with Crippen molar-refractivity contribution in [2.24, 2.45) is 0 Å². The van der Waals surface area contributed by atoms with Crippen molar-refractivity contribution < 1.29 is 18.3 Å². The molecule has 0 aliphatic rings. The summed E-state index contributed by atoms with van der Waals surface area (Å²) in [4.78, 5) is 10.7. The van der Waals surface area contributed by atoms with Gasteiger partial charge in [0.25, 0.3) is 0 Å². The molecule has 0 amide bonds. The van der Waals surface area contributed by atoms with Crippen LogP contribution in [0.2, 0.25) is 0 Å². The molecule has 12 heavy (non-hydrogen) atoms. The third-order valence-electron chi connectivity index (χ3n) is 1.62. The van der Waals surface area contributed by atoms with Crippen LogP contribution < -0.4 is 0 Å². The fraction of sp³-hybridized carbons (Fsp3) is 0.875. The van der Waals surface area contributed by atoms with Crippen LogP contribution in [0.25, 0.3) is 0 Å². The minimum atomic E-state index is -2.14. The van der Waals surface area contributed by atoms with Crippen LogP contribution in [0.4, 0.5) is 8.78 Å². The maximum absolute atomic E-state index is 12.3. The zero-order valence-electron chi connectivity index (χ0n) is 7.56. The van der Waals surface area contributed by atoms with Crippen molar-refractivity contribution in [3.63, 3.8) is 0 Å². The summed E-state index contributed by atoms with van der Waals surface area (Å²) in [5.74, 6) is -1.12. The molecule has 2 nitrogen and oxygen atoms in total. The number of ether oxygens (including phenoxy) is 1. The fourth-order valence-corrected chi connectivity index (χ4v) is 0.471. The van der Waals surface area contributed by atoms with Gasteiger partial charge < -0.3 is 4.74 Å². The van der Waals surface area contributed by atoms with Gasteiger partial charge in [0.05, 0.1) is 0 Å². The van der Waals surface area contributed by atoms with Crippen molar-refractivity contribution >= 4 is 5.97 Å². The molecular formula is C8H14F2O2. The Balaban J connectivity index is 4.00. The van der Waals surface area contributed by atoms with E-state index in [0.717, 1.165) is 0 Å². The summed E-state index contributed by atoms with van der Waals surface area (Å²) < 4.78 is 28.7. The topological polar surface area (TPSA) is 26.3 Å². The highest BCUT2D eigenvalue weighted by Gasteiger charge is 2.26. The van der Waals surface area contributed by atoms with Crippen molar-refractivity contribution in [3.05, 3.63) is 0 Å². The molecule has 0 radical (unpaired) electrons. The Kier molecular flexibility index (Phi) is 4.13. The number of halogens is 2. The highest BCUT2D eigenvalue weighted by Crippen LogP contribution is 2.15. The Bertz CT molecular complexity index is 157. The van der Waals surface area contributed by atoms with E-state index in [0.29, 0.717) is 6.42 Å². The molecule has 0 aromatic heterocycles. The van der Waals surface area contributed by atoms with Crippen molar-refractivity contribution in [3.8, 4) is 0 Å². The van der Waals surface area contributed by atoms with E-state index >= 15 is 0 Å². The number of carbonyl (C=O) groups excluding carboxylic acids is 1. The van der Waals surface area contributed by atoms with E-state index in [4.69, 9.17) is 0 Å². The molecule has 0 aliphatic carbocycles. The van der Waals surface area contributed by atoms with E-state index < -0.39 is 24.4 Å². The van der Waals surface area contributed by atoms with Crippen LogP contribution in [-0.2, 0) is 9.53 Å². The lowest BCUT2D eigenvalue weighted by molar-refractivity contribution is -0.163. The van der Waals surface area contributed by atoms with E-state index in [2.05, 4.69) is 4.74 Å². The van der Waals surface area contributed by atoms with Crippen LogP contribution >= 0.6 is 0 Å². The van der Waals surface area contributed by atoms with Crippen molar-refractivity contribution in [2.75, 3.05) is 6.67 Å². The van der Waals surface area contributed by atoms with Gasteiger partial charge in [0.15, 0.2) is 0 Å². The average molecular weight is 180 g/mol. The van der Waals surface area contributed by atoms with Crippen LogP contribution in [0.3, 0.4) is 0 Å². The Morgan fingerprint density at radius 1 is 1.58 bits per heavy atom. The van der Waals surface area contributed by atoms with Gasteiger partial charge in [-0.3, -0.25) is 0 Å². The first kappa shape index (κ1) is 11.3. The molecule has 0 rings (SSSR count). The molecule has 0 heterocycles. The summed E-state index contributed by atoms with van der Waals surface area (Å²) in [5.41, 5.74) is -0.712. The molecule has 0 aliphatic heterocycles. The Morgan fingerprint density at radius 2 is 2.08 bits per heavy atom. The van der Waals surface area contributed by atoms with Gasteiger partial charge in [0.1, 0.15) is 12.3 Å². The SMILES string of the molecule is CCC(C)(C)OC(=O)C(F)CF. The van der Waals surface area contributed by atoms with E-state index in [1.54, 1.807) is 20.8 Å². The minimum absolute atomic E-state index is 0.567. The molecule has 1 unspecified atom stereocenters. The number of hydrogen-bond donors (Lipinski definition) is 0. The number of hydrogen-bond acceptors (Lipinski definition) is 2. The fourth-order valence-electron chi connectivity index (χ4n) is 0.471. The van der Waals surface area contributed by atoms with Crippen LogP contribution in [0.1, 0.15) is 27.2 Å². The van der Waals surface area contributed by atoms with Crippen molar-refractivity contribution in [1.29, 1.82) is 0 Å². The molecular weight excluding hydrogens is 166 g/mol. The maximum Gasteiger partial charge on any atom is 0.344 e. The molecule has 0 bridgehead atoms. The lowest BCUT2D eigenvalue weighted by Crippen LogP contribution is -2.32. The highest BCUT2D eigenvalue weighted by atomic mass is 19.2. The largest absolute Gasteiger partial charge is 0.457 e. The van der Waals surface area contributed by atoms with Gasteiger partial charge in [-0.2, -0.15) is 0 Å². The Labute approximate surface area is 70.9 Å². The quantitative estimate of drug-likeness (QED) is 0.619. The Morgan fingerprint density at radius 3 is 2.42 bits per heavy atom. The molecule has 72 valence electrons. The van der Waals surface area contributed by atoms with Gasteiger partial charge in [0.2, 0.25) is 6.17 Å². The molecule has 0 N–H and O–H groups in total. The summed E-state index contributed by atoms with van der Waals surface area (Å²) >= 11 is 0. The van der Waals surface area contributed by atoms with Gasteiger partial charge in [-0.15, -0.1) is 0 Å². The molecule has 0 saturated carbocycles. The van der Waals surface area contributed by atoms with E-state index in [-0.39, 0.29) is 0 Å². The summed E-state index contributed by atoms with van der Waals surface area (Å²) in [6, 6.07) is 0. The summed E-state index contributed by atoms with van der Waals surface area (Å²) in [6.07, 6.45) is -1.58. The lowest BCUT2D eigenvalue weighted by atomic mass is 10.1. The summed E-state index contributed by atoms with van der Waals surface area (Å²) in [5, 5.41) is 0. The smallest absolute Gasteiger partial charge is 0.344 e.